The molecule has 2 aromatic rings. The highest BCUT2D eigenvalue weighted by atomic mass is 14.9. The van der Waals surface area contributed by atoms with Gasteiger partial charge in [-0.05, 0) is 37.3 Å². The SMILES string of the molecule is [2H]C([2H])([2H])c1cc[n+](C)c(-c2c(C)cccc2C([2H])([2H])[2H])c1. The summed E-state index contributed by atoms with van der Waals surface area (Å²) in [5, 5.41) is 0. The number of nitrogens with zero attached hydrogens (tertiary/aromatic N) is 1. The zero-order valence-electron chi connectivity index (χ0n) is 15.4. The van der Waals surface area contributed by atoms with E-state index in [1.165, 1.54) is 6.07 Å². The molecule has 1 nitrogen and oxygen atoms in total. The van der Waals surface area contributed by atoms with Gasteiger partial charge in [0.15, 0.2) is 6.20 Å². The Labute approximate surface area is 106 Å². The Morgan fingerprint density at radius 1 is 1.12 bits per heavy atom. The lowest BCUT2D eigenvalue weighted by atomic mass is 9.98. The van der Waals surface area contributed by atoms with Crippen LogP contribution < -0.4 is 4.57 Å². The third-order valence-corrected chi connectivity index (χ3v) is 2.68. The molecule has 0 radical (unpaired) electrons. The third-order valence-electron chi connectivity index (χ3n) is 2.68. The Balaban J connectivity index is 2.77. The molecule has 1 heteroatoms. The van der Waals surface area contributed by atoms with Gasteiger partial charge in [-0.2, -0.15) is 0 Å². The first kappa shape index (κ1) is 5.62. The quantitative estimate of drug-likeness (QED) is 0.648. The van der Waals surface area contributed by atoms with Gasteiger partial charge < -0.3 is 0 Å². The second-order valence-electron chi connectivity index (χ2n) is 3.91. The van der Waals surface area contributed by atoms with E-state index in [1.807, 2.05) is 13.0 Å². The molecular weight excluding hydrogens is 194 g/mol. The Bertz CT molecular complexity index is 700. The van der Waals surface area contributed by atoms with Crippen molar-refractivity contribution in [2.24, 2.45) is 7.05 Å². The molecule has 0 fully saturated rings. The molecule has 82 valence electrons. The Morgan fingerprint density at radius 2 is 1.94 bits per heavy atom. The van der Waals surface area contributed by atoms with E-state index in [-0.39, 0.29) is 11.1 Å². The van der Waals surface area contributed by atoms with Crippen LogP contribution in [0.25, 0.3) is 11.3 Å². The summed E-state index contributed by atoms with van der Waals surface area (Å²) in [7, 11) is 1.77. The predicted octanol–water partition coefficient (Wildman–Crippen LogP) is 3.10. The first-order valence-corrected chi connectivity index (χ1v) is 5.12. The van der Waals surface area contributed by atoms with Crippen LogP contribution in [0.3, 0.4) is 0 Å². The van der Waals surface area contributed by atoms with Crippen LogP contribution in [0.2, 0.25) is 0 Å². The minimum atomic E-state index is -2.26. The van der Waals surface area contributed by atoms with Crippen LogP contribution in [0.15, 0.2) is 36.5 Å². The van der Waals surface area contributed by atoms with Gasteiger partial charge in [-0.25, -0.2) is 4.57 Å². The summed E-state index contributed by atoms with van der Waals surface area (Å²) in [6, 6.07) is 8.17. The summed E-state index contributed by atoms with van der Waals surface area (Å²) in [6.07, 6.45) is 1.65. The van der Waals surface area contributed by atoms with Crippen LogP contribution in [-0.4, -0.2) is 0 Å². The Hall–Kier alpha value is -1.63. The van der Waals surface area contributed by atoms with Crippen molar-refractivity contribution in [2.45, 2.75) is 20.6 Å². The summed E-state index contributed by atoms with van der Waals surface area (Å²) >= 11 is 0. The molecule has 0 aliphatic heterocycles. The van der Waals surface area contributed by atoms with E-state index in [0.717, 1.165) is 5.56 Å². The second kappa shape index (κ2) is 4.09. The summed E-state index contributed by atoms with van der Waals surface area (Å²) in [5.41, 5.74) is 2.37. The van der Waals surface area contributed by atoms with Crippen LogP contribution in [-0.2, 0) is 7.05 Å². The zero-order valence-corrected chi connectivity index (χ0v) is 9.41. The summed E-state index contributed by atoms with van der Waals surface area (Å²) in [4.78, 5) is 0. The smallest absolute Gasteiger partial charge is 0.201 e. The molecule has 0 saturated carbocycles. The first-order valence-electron chi connectivity index (χ1n) is 8.12. The number of hydrogen-bond acceptors (Lipinski definition) is 0. The lowest BCUT2D eigenvalue weighted by Gasteiger charge is -2.08. The van der Waals surface area contributed by atoms with Gasteiger partial charge in [-0.1, -0.05) is 18.2 Å². The predicted molar refractivity (Wildman–Crippen MR) is 67.3 cm³/mol. The number of pyridine rings is 1. The highest BCUT2D eigenvalue weighted by Gasteiger charge is 2.14. The molecule has 16 heavy (non-hydrogen) atoms. The molecule has 0 unspecified atom stereocenters. The van der Waals surface area contributed by atoms with Crippen LogP contribution in [0.4, 0.5) is 0 Å². The molecule has 0 bridgehead atoms. The van der Waals surface area contributed by atoms with Gasteiger partial charge in [-0.3, -0.25) is 0 Å². The maximum absolute atomic E-state index is 7.72. The maximum Gasteiger partial charge on any atom is 0.213 e. The fourth-order valence-electron chi connectivity index (χ4n) is 1.83. The minimum Gasteiger partial charge on any atom is -0.201 e. The number of hydrogen-bond donors (Lipinski definition) is 0. The molecule has 1 aromatic heterocycles. The monoisotopic (exact) mass is 218 g/mol. The van der Waals surface area contributed by atoms with E-state index in [9.17, 15) is 0 Å². The molecule has 0 aliphatic rings. The van der Waals surface area contributed by atoms with E-state index in [1.54, 1.807) is 36.0 Å². The van der Waals surface area contributed by atoms with Crippen molar-refractivity contribution < 1.29 is 12.8 Å². The molecule has 1 heterocycles. The zero-order chi connectivity index (χ0) is 16.7. The molecule has 2 rings (SSSR count). The number of benzene rings is 1. The molecular formula is C15H18N+. The molecule has 0 atom stereocenters. The van der Waals surface area contributed by atoms with Crippen molar-refractivity contribution >= 4 is 0 Å². The minimum absolute atomic E-state index is 0.195. The van der Waals surface area contributed by atoms with Crippen molar-refractivity contribution in [3.05, 3.63) is 53.2 Å². The third kappa shape index (κ3) is 1.85. The highest BCUT2D eigenvalue weighted by Crippen LogP contribution is 2.24. The first-order chi connectivity index (χ1) is 10.0. The van der Waals surface area contributed by atoms with Crippen molar-refractivity contribution in [3.63, 3.8) is 0 Å². The summed E-state index contributed by atoms with van der Waals surface area (Å²) < 4.78 is 47.5. The van der Waals surface area contributed by atoms with E-state index >= 15 is 0 Å². The Kier molecular flexibility index (Phi) is 1.44. The van der Waals surface area contributed by atoms with Gasteiger partial charge in [0.25, 0.3) is 0 Å². The molecule has 1 aromatic carbocycles. The van der Waals surface area contributed by atoms with Crippen molar-refractivity contribution in [2.75, 3.05) is 0 Å². The standard InChI is InChI=1S/C15H18N/c1-11-8-9-16(4)14(10-11)15-12(2)6-5-7-13(15)3/h5-10H,1-4H3/q+1/i1D3,2D3. The van der Waals surface area contributed by atoms with Gasteiger partial charge >= 0.3 is 0 Å². The van der Waals surface area contributed by atoms with Crippen LogP contribution in [0.5, 0.6) is 0 Å². The van der Waals surface area contributed by atoms with E-state index in [2.05, 4.69) is 0 Å². The maximum atomic E-state index is 7.72. The van der Waals surface area contributed by atoms with Crippen molar-refractivity contribution in [1.82, 2.24) is 0 Å². The average Bonchev–Trinajstić information content (AvgIpc) is 2.37. The number of aryl methyl sites for hydroxylation is 4. The van der Waals surface area contributed by atoms with E-state index in [4.69, 9.17) is 8.22 Å². The Morgan fingerprint density at radius 3 is 2.69 bits per heavy atom. The lowest BCUT2D eigenvalue weighted by Crippen LogP contribution is -2.30. The lowest BCUT2D eigenvalue weighted by molar-refractivity contribution is -0.660. The van der Waals surface area contributed by atoms with Crippen LogP contribution >= 0.6 is 0 Å². The molecule has 0 aliphatic carbocycles. The topological polar surface area (TPSA) is 3.88 Å². The molecule has 0 amide bonds. The largest absolute Gasteiger partial charge is 0.213 e. The normalized spacial score (nSPS) is 17.6. The van der Waals surface area contributed by atoms with Crippen LogP contribution in [0.1, 0.15) is 24.9 Å². The van der Waals surface area contributed by atoms with E-state index in [0.29, 0.717) is 11.3 Å². The van der Waals surface area contributed by atoms with Gasteiger partial charge in [-0.15, -0.1) is 0 Å². The fraction of sp³-hybridized carbons (Fsp3) is 0.267. The van der Waals surface area contributed by atoms with Crippen molar-refractivity contribution in [3.8, 4) is 11.3 Å². The van der Waals surface area contributed by atoms with E-state index < -0.39 is 13.7 Å². The average molecular weight is 218 g/mol. The van der Waals surface area contributed by atoms with Gasteiger partial charge in [0.1, 0.15) is 7.05 Å². The molecule has 0 saturated heterocycles. The summed E-state index contributed by atoms with van der Waals surface area (Å²) in [5.74, 6) is 0. The highest BCUT2D eigenvalue weighted by molar-refractivity contribution is 5.65. The molecule has 0 N–H and O–H groups in total. The second-order valence-corrected chi connectivity index (χ2v) is 3.91. The number of rotatable bonds is 1. The van der Waals surface area contributed by atoms with Gasteiger partial charge in [0.05, 0.1) is 5.56 Å². The van der Waals surface area contributed by atoms with Crippen LogP contribution in [0, 0.1) is 20.6 Å². The fourth-order valence-corrected chi connectivity index (χ4v) is 1.83. The summed E-state index contributed by atoms with van der Waals surface area (Å²) in [6.45, 7) is -2.66. The molecule has 0 spiro atoms. The van der Waals surface area contributed by atoms with Gasteiger partial charge in [0, 0.05) is 20.4 Å². The van der Waals surface area contributed by atoms with Crippen molar-refractivity contribution in [1.29, 1.82) is 0 Å². The number of aromatic nitrogens is 1. The van der Waals surface area contributed by atoms with Gasteiger partial charge in [0.2, 0.25) is 5.69 Å².